The molecule has 5 rings (SSSR count). The summed E-state index contributed by atoms with van der Waals surface area (Å²) in [6.07, 6.45) is 7.30. The fourth-order valence-electron chi connectivity index (χ4n) is 4.71. The second-order valence-electron chi connectivity index (χ2n) is 8.14. The quantitative estimate of drug-likeness (QED) is 0.736. The van der Waals surface area contributed by atoms with Gasteiger partial charge in [-0.15, -0.1) is 0 Å². The number of nitrogens with zero attached hydrogens (tertiary/aromatic N) is 3. The van der Waals surface area contributed by atoms with Crippen molar-refractivity contribution >= 4 is 5.69 Å². The van der Waals surface area contributed by atoms with Crippen LogP contribution in [0.2, 0.25) is 0 Å². The van der Waals surface area contributed by atoms with Gasteiger partial charge in [0.1, 0.15) is 5.69 Å². The molecule has 3 aromatic rings. The molecule has 2 fully saturated rings. The molecule has 2 aromatic heterocycles. The molecule has 2 aliphatic rings. The monoisotopic (exact) mass is 374 g/mol. The summed E-state index contributed by atoms with van der Waals surface area (Å²) >= 11 is 0. The second kappa shape index (κ2) is 7.06. The molecule has 0 bridgehead atoms. The maximum Gasteiger partial charge on any atom is 0.100 e. The van der Waals surface area contributed by atoms with E-state index in [2.05, 4.69) is 51.3 Å². The number of aromatic nitrogens is 3. The molecule has 144 valence electrons. The SMILES string of the molecule is Cc1[nH]nc(-c2ccncc2)c1-c1ccc(N2CCC3(CCOCC3)C2)cc1. The van der Waals surface area contributed by atoms with Gasteiger partial charge in [-0.05, 0) is 61.4 Å². The summed E-state index contributed by atoms with van der Waals surface area (Å²) in [5.41, 5.74) is 7.30. The predicted octanol–water partition coefficient (Wildman–Crippen LogP) is 4.45. The summed E-state index contributed by atoms with van der Waals surface area (Å²) in [5, 5.41) is 7.69. The number of aromatic amines is 1. The first-order chi connectivity index (χ1) is 13.7. The average molecular weight is 374 g/mol. The number of anilines is 1. The van der Waals surface area contributed by atoms with Crippen molar-refractivity contribution in [2.75, 3.05) is 31.2 Å². The highest BCUT2D eigenvalue weighted by Crippen LogP contribution is 2.42. The van der Waals surface area contributed by atoms with E-state index >= 15 is 0 Å². The fourth-order valence-corrected chi connectivity index (χ4v) is 4.71. The number of nitrogens with one attached hydrogen (secondary N) is 1. The third-order valence-corrected chi connectivity index (χ3v) is 6.41. The fraction of sp³-hybridized carbons (Fsp3) is 0.391. The Labute approximate surface area is 165 Å². The Balaban J connectivity index is 1.40. The molecule has 0 unspecified atom stereocenters. The van der Waals surface area contributed by atoms with E-state index in [1.165, 1.54) is 36.1 Å². The van der Waals surface area contributed by atoms with Crippen LogP contribution in [0.3, 0.4) is 0 Å². The van der Waals surface area contributed by atoms with Crippen LogP contribution in [0.1, 0.15) is 25.0 Å². The summed E-state index contributed by atoms with van der Waals surface area (Å²) in [5.74, 6) is 0. The first-order valence-corrected chi connectivity index (χ1v) is 10.1. The van der Waals surface area contributed by atoms with Crippen LogP contribution in [0.4, 0.5) is 5.69 Å². The number of aryl methyl sites for hydroxylation is 1. The summed E-state index contributed by atoms with van der Waals surface area (Å²) < 4.78 is 5.58. The Hall–Kier alpha value is -2.66. The van der Waals surface area contributed by atoms with Crippen molar-refractivity contribution < 1.29 is 4.74 Å². The molecular formula is C23H26N4O. The zero-order valence-corrected chi connectivity index (χ0v) is 16.3. The number of hydrogen-bond acceptors (Lipinski definition) is 4. The zero-order valence-electron chi connectivity index (χ0n) is 16.3. The van der Waals surface area contributed by atoms with Gasteiger partial charge in [-0.25, -0.2) is 0 Å². The Morgan fingerprint density at radius 2 is 1.71 bits per heavy atom. The third kappa shape index (κ3) is 3.10. The van der Waals surface area contributed by atoms with Crippen LogP contribution in [-0.2, 0) is 4.74 Å². The summed E-state index contributed by atoms with van der Waals surface area (Å²) in [6, 6.07) is 13.0. The summed E-state index contributed by atoms with van der Waals surface area (Å²) in [7, 11) is 0. The van der Waals surface area contributed by atoms with Crippen LogP contribution >= 0.6 is 0 Å². The van der Waals surface area contributed by atoms with Gasteiger partial charge in [-0.2, -0.15) is 5.10 Å². The molecular weight excluding hydrogens is 348 g/mol. The lowest BCUT2D eigenvalue weighted by molar-refractivity contribution is 0.0254. The maximum absolute atomic E-state index is 5.58. The standard InChI is InChI=1S/C23H26N4O/c1-17-21(22(26-25-17)19-6-11-24-12-7-19)18-2-4-20(5-3-18)27-13-8-23(16-27)9-14-28-15-10-23/h2-7,11-12H,8-10,13-16H2,1H3,(H,25,26). The van der Waals surface area contributed by atoms with E-state index in [4.69, 9.17) is 4.74 Å². The van der Waals surface area contributed by atoms with Crippen molar-refractivity contribution in [1.29, 1.82) is 0 Å². The van der Waals surface area contributed by atoms with E-state index < -0.39 is 0 Å². The molecule has 1 N–H and O–H groups in total. The predicted molar refractivity (Wildman–Crippen MR) is 111 cm³/mol. The second-order valence-corrected chi connectivity index (χ2v) is 8.14. The van der Waals surface area contributed by atoms with Gasteiger partial charge in [0.2, 0.25) is 0 Å². The highest BCUT2D eigenvalue weighted by Gasteiger charge is 2.39. The van der Waals surface area contributed by atoms with Crippen molar-refractivity contribution in [3.63, 3.8) is 0 Å². The summed E-state index contributed by atoms with van der Waals surface area (Å²) in [4.78, 5) is 6.66. The Bertz CT molecular complexity index is 942. The number of rotatable bonds is 3. The molecule has 1 spiro atoms. The van der Waals surface area contributed by atoms with Gasteiger partial charge in [0.25, 0.3) is 0 Å². The first-order valence-electron chi connectivity index (χ1n) is 10.1. The van der Waals surface area contributed by atoms with Crippen LogP contribution in [0.5, 0.6) is 0 Å². The number of benzene rings is 1. The molecule has 2 aliphatic heterocycles. The van der Waals surface area contributed by atoms with Gasteiger partial charge in [0.05, 0.1) is 0 Å². The van der Waals surface area contributed by atoms with Crippen LogP contribution < -0.4 is 4.90 Å². The Kier molecular flexibility index (Phi) is 4.40. The minimum Gasteiger partial charge on any atom is -0.381 e. The number of hydrogen-bond donors (Lipinski definition) is 1. The van der Waals surface area contributed by atoms with E-state index in [1.807, 2.05) is 24.5 Å². The van der Waals surface area contributed by atoms with Crippen molar-refractivity contribution in [3.05, 3.63) is 54.5 Å². The summed E-state index contributed by atoms with van der Waals surface area (Å²) in [6.45, 7) is 6.22. The molecule has 5 nitrogen and oxygen atoms in total. The molecule has 5 heteroatoms. The minimum atomic E-state index is 0.465. The Morgan fingerprint density at radius 1 is 0.964 bits per heavy atom. The van der Waals surface area contributed by atoms with Crippen molar-refractivity contribution in [2.45, 2.75) is 26.2 Å². The third-order valence-electron chi connectivity index (χ3n) is 6.41. The van der Waals surface area contributed by atoms with E-state index in [-0.39, 0.29) is 0 Å². The normalized spacial score (nSPS) is 18.7. The van der Waals surface area contributed by atoms with Gasteiger partial charge in [-0.1, -0.05) is 12.1 Å². The zero-order chi connectivity index (χ0) is 19.0. The molecule has 4 heterocycles. The lowest BCUT2D eigenvalue weighted by Crippen LogP contribution is -2.33. The molecule has 0 aliphatic carbocycles. The van der Waals surface area contributed by atoms with Crippen molar-refractivity contribution in [2.24, 2.45) is 5.41 Å². The molecule has 0 saturated carbocycles. The maximum atomic E-state index is 5.58. The number of H-pyrrole nitrogens is 1. The van der Waals surface area contributed by atoms with E-state index in [0.29, 0.717) is 5.41 Å². The molecule has 0 atom stereocenters. The minimum absolute atomic E-state index is 0.465. The lowest BCUT2D eigenvalue weighted by atomic mass is 9.80. The van der Waals surface area contributed by atoms with Gasteiger partial charge in [0.15, 0.2) is 0 Å². The highest BCUT2D eigenvalue weighted by molar-refractivity contribution is 5.82. The van der Waals surface area contributed by atoms with Gasteiger partial charge in [-0.3, -0.25) is 10.1 Å². The molecule has 1 aromatic carbocycles. The molecule has 0 amide bonds. The van der Waals surface area contributed by atoms with Crippen LogP contribution in [0.25, 0.3) is 22.4 Å². The number of pyridine rings is 1. The number of ether oxygens (including phenoxy) is 1. The smallest absolute Gasteiger partial charge is 0.100 e. The first kappa shape index (κ1) is 17.4. The molecule has 0 radical (unpaired) electrons. The molecule has 28 heavy (non-hydrogen) atoms. The van der Waals surface area contributed by atoms with Gasteiger partial charge < -0.3 is 9.64 Å². The highest BCUT2D eigenvalue weighted by atomic mass is 16.5. The van der Waals surface area contributed by atoms with Crippen molar-refractivity contribution in [1.82, 2.24) is 15.2 Å². The largest absolute Gasteiger partial charge is 0.381 e. The Morgan fingerprint density at radius 3 is 2.46 bits per heavy atom. The molecule has 2 saturated heterocycles. The van der Waals surface area contributed by atoms with Crippen LogP contribution in [-0.4, -0.2) is 41.5 Å². The van der Waals surface area contributed by atoms with Crippen LogP contribution in [0.15, 0.2) is 48.8 Å². The van der Waals surface area contributed by atoms with Crippen molar-refractivity contribution in [3.8, 4) is 22.4 Å². The van der Waals surface area contributed by atoms with E-state index in [0.717, 1.165) is 43.3 Å². The topological polar surface area (TPSA) is 54.0 Å². The van der Waals surface area contributed by atoms with E-state index in [1.54, 1.807) is 0 Å². The average Bonchev–Trinajstić information content (AvgIpc) is 3.33. The lowest BCUT2D eigenvalue weighted by Gasteiger charge is -2.33. The van der Waals surface area contributed by atoms with Gasteiger partial charge in [0, 0.05) is 61.2 Å². The van der Waals surface area contributed by atoms with Gasteiger partial charge >= 0.3 is 0 Å². The van der Waals surface area contributed by atoms with E-state index in [9.17, 15) is 0 Å². The van der Waals surface area contributed by atoms with Crippen LogP contribution in [0, 0.1) is 12.3 Å².